The number of rotatable bonds is 6. The van der Waals surface area contributed by atoms with Gasteiger partial charge in [0.05, 0.1) is 6.04 Å². The highest BCUT2D eigenvalue weighted by Gasteiger charge is 2.21. The van der Waals surface area contributed by atoms with Crippen molar-refractivity contribution in [1.29, 1.82) is 0 Å². The molecule has 2 aromatic rings. The molecule has 1 fully saturated rings. The summed E-state index contributed by atoms with van der Waals surface area (Å²) in [6, 6.07) is 9.16. The predicted octanol–water partition coefficient (Wildman–Crippen LogP) is 0.890. The van der Waals surface area contributed by atoms with Crippen LogP contribution in [0.2, 0.25) is 0 Å². The van der Waals surface area contributed by atoms with Crippen molar-refractivity contribution in [3.8, 4) is 0 Å². The summed E-state index contributed by atoms with van der Waals surface area (Å²) in [4.78, 5) is 24.0. The van der Waals surface area contributed by atoms with Crippen molar-refractivity contribution in [3.05, 3.63) is 48.3 Å². The summed E-state index contributed by atoms with van der Waals surface area (Å²) in [5.74, 6) is -0.115. The molecule has 1 aliphatic rings. The Morgan fingerprint density at radius 2 is 2.25 bits per heavy atom. The summed E-state index contributed by atoms with van der Waals surface area (Å²) in [5.41, 5.74) is 1.65. The lowest BCUT2D eigenvalue weighted by Crippen LogP contribution is -2.40. The Hall–Kier alpha value is -2.67. The molecule has 0 aliphatic carbocycles. The third kappa shape index (κ3) is 4.42. The highest BCUT2D eigenvalue weighted by Crippen LogP contribution is 2.11. The van der Waals surface area contributed by atoms with Gasteiger partial charge in [0.1, 0.15) is 6.54 Å². The summed E-state index contributed by atoms with van der Waals surface area (Å²) in [5, 5.41) is 12.9. The van der Waals surface area contributed by atoms with E-state index in [9.17, 15) is 9.59 Å². The van der Waals surface area contributed by atoms with Gasteiger partial charge in [-0.25, -0.2) is 0 Å². The van der Waals surface area contributed by atoms with Crippen LogP contribution in [-0.2, 0) is 22.7 Å². The topological polar surface area (TPSA) is 88.1 Å². The molecule has 1 unspecified atom stereocenters. The van der Waals surface area contributed by atoms with Crippen molar-refractivity contribution in [1.82, 2.24) is 20.4 Å². The second-order valence-corrected chi connectivity index (χ2v) is 5.82. The molecule has 126 valence electrons. The van der Waals surface area contributed by atoms with Gasteiger partial charge in [-0.05, 0) is 43.1 Å². The number of carbonyl (C=O) groups is 2. The Balaban J connectivity index is 1.51. The summed E-state index contributed by atoms with van der Waals surface area (Å²) < 4.78 is 1.56. The zero-order valence-corrected chi connectivity index (χ0v) is 13.4. The van der Waals surface area contributed by atoms with Gasteiger partial charge in [0.2, 0.25) is 11.8 Å². The van der Waals surface area contributed by atoms with E-state index in [4.69, 9.17) is 0 Å². The third-order valence-corrected chi connectivity index (χ3v) is 3.92. The van der Waals surface area contributed by atoms with Crippen LogP contribution in [0.5, 0.6) is 0 Å². The maximum absolute atomic E-state index is 12.0. The predicted molar refractivity (Wildman–Crippen MR) is 90.2 cm³/mol. The zero-order chi connectivity index (χ0) is 16.8. The molecule has 7 nitrogen and oxygen atoms in total. The summed E-state index contributed by atoms with van der Waals surface area (Å²) in [7, 11) is 0. The molecule has 3 rings (SSSR count). The van der Waals surface area contributed by atoms with E-state index in [-0.39, 0.29) is 24.4 Å². The molecule has 3 N–H and O–H groups in total. The fraction of sp³-hybridized carbons (Fsp3) is 0.353. The number of aromatic nitrogens is 2. The zero-order valence-electron chi connectivity index (χ0n) is 13.4. The van der Waals surface area contributed by atoms with Crippen molar-refractivity contribution >= 4 is 17.5 Å². The largest absolute Gasteiger partial charge is 0.351 e. The Kier molecular flexibility index (Phi) is 5.22. The number of anilines is 1. The summed E-state index contributed by atoms with van der Waals surface area (Å²) in [6.45, 7) is 1.51. The molecule has 0 radical (unpaired) electrons. The van der Waals surface area contributed by atoms with Gasteiger partial charge < -0.3 is 16.0 Å². The summed E-state index contributed by atoms with van der Waals surface area (Å²) in [6.07, 6.45) is 5.30. The fourth-order valence-electron chi connectivity index (χ4n) is 2.72. The molecular formula is C17H21N5O2. The lowest BCUT2D eigenvalue weighted by Gasteiger charge is -2.12. The van der Waals surface area contributed by atoms with Gasteiger partial charge >= 0.3 is 0 Å². The Bertz CT molecular complexity index is 693. The average Bonchev–Trinajstić information content (AvgIpc) is 3.26. The number of amides is 2. The van der Waals surface area contributed by atoms with E-state index >= 15 is 0 Å². The number of carbonyl (C=O) groups excluding carboxylic acids is 2. The second kappa shape index (κ2) is 7.74. The molecule has 2 heterocycles. The normalized spacial score (nSPS) is 16.8. The third-order valence-electron chi connectivity index (χ3n) is 3.92. The molecule has 1 aromatic heterocycles. The molecule has 0 saturated carbocycles. The Labute approximate surface area is 140 Å². The van der Waals surface area contributed by atoms with Crippen LogP contribution in [0.15, 0.2) is 42.7 Å². The molecule has 24 heavy (non-hydrogen) atoms. The first-order chi connectivity index (χ1) is 11.7. The van der Waals surface area contributed by atoms with Gasteiger partial charge in [-0.2, -0.15) is 5.10 Å². The monoisotopic (exact) mass is 327 g/mol. The Morgan fingerprint density at radius 3 is 3.00 bits per heavy atom. The highest BCUT2D eigenvalue weighted by molar-refractivity contribution is 5.90. The molecular weight excluding hydrogens is 306 g/mol. The van der Waals surface area contributed by atoms with Crippen LogP contribution < -0.4 is 16.0 Å². The number of hydrogen-bond donors (Lipinski definition) is 3. The number of hydrogen-bond acceptors (Lipinski definition) is 4. The molecule has 1 saturated heterocycles. The van der Waals surface area contributed by atoms with Crippen LogP contribution in [0, 0.1) is 0 Å². The molecule has 1 atom stereocenters. The van der Waals surface area contributed by atoms with Gasteiger partial charge in [-0.15, -0.1) is 0 Å². The van der Waals surface area contributed by atoms with Crippen LogP contribution in [0.25, 0.3) is 0 Å². The number of benzene rings is 1. The average molecular weight is 327 g/mol. The van der Waals surface area contributed by atoms with Crippen molar-refractivity contribution in [2.24, 2.45) is 0 Å². The SMILES string of the molecule is O=C(Cn1cccn1)Nc1cccc(CNC(=O)C2CCCN2)c1. The van der Waals surface area contributed by atoms with Gasteiger partial charge in [0.25, 0.3) is 0 Å². The maximum Gasteiger partial charge on any atom is 0.246 e. The van der Waals surface area contributed by atoms with Crippen LogP contribution in [-0.4, -0.2) is 34.2 Å². The van der Waals surface area contributed by atoms with Crippen molar-refractivity contribution < 1.29 is 9.59 Å². The fourth-order valence-corrected chi connectivity index (χ4v) is 2.72. The van der Waals surface area contributed by atoms with Crippen molar-refractivity contribution in [2.45, 2.75) is 32.0 Å². The van der Waals surface area contributed by atoms with E-state index in [1.54, 1.807) is 23.1 Å². The van der Waals surface area contributed by atoms with E-state index < -0.39 is 0 Å². The minimum Gasteiger partial charge on any atom is -0.351 e. The quantitative estimate of drug-likeness (QED) is 0.735. The minimum atomic E-state index is -0.143. The molecule has 1 aliphatic heterocycles. The lowest BCUT2D eigenvalue weighted by molar-refractivity contribution is -0.123. The number of nitrogens with zero attached hydrogens (tertiary/aromatic N) is 2. The first-order valence-electron chi connectivity index (χ1n) is 8.08. The molecule has 0 bridgehead atoms. The van der Waals surface area contributed by atoms with E-state index in [1.165, 1.54) is 0 Å². The second-order valence-electron chi connectivity index (χ2n) is 5.82. The van der Waals surface area contributed by atoms with E-state index in [2.05, 4.69) is 21.0 Å². The first kappa shape index (κ1) is 16.2. The van der Waals surface area contributed by atoms with Crippen LogP contribution in [0.4, 0.5) is 5.69 Å². The van der Waals surface area contributed by atoms with E-state index in [1.807, 2.05) is 24.3 Å². The first-order valence-corrected chi connectivity index (χ1v) is 8.08. The summed E-state index contributed by atoms with van der Waals surface area (Å²) >= 11 is 0. The number of nitrogens with one attached hydrogen (secondary N) is 3. The Morgan fingerprint density at radius 1 is 1.33 bits per heavy atom. The van der Waals surface area contributed by atoms with Gasteiger partial charge in [-0.3, -0.25) is 14.3 Å². The standard InChI is InChI=1S/C17H21N5O2/c23-16(12-22-9-3-8-20-22)21-14-5-1-4-13(10-14)11-19-17(24)15-6-2-7-18-15/h1,3-5,8-10,15,18H,2,6-7,11-12H2,(H,19,24)(H,21,23). The molecule has 7 heteroatoms. The van der Waals surface area contributed by atoms with Crippen molar-refractivity contribution in [2.75, 3.05) is 11.9 Å². The maximum atomic E-state index is 12.0. The van der Waals surface area contributed by atoms with Gasteiger partial charge in [0, 0.05) is 24.6 Å². The van der Waals surface area contributed by atoms with Crippen LogP contribution in [0.3, 0.4) is 0 Å². The van der Waals surface area contributed by atoms with Gasteiger partial charge in [-0.1, -0.05) is 12.1 Å². The van der Waals surface area contributed by atoms with Crippen molar-refractivity contribution in [3.63, 3.8) is 0 Å². The van der Waals surface area contributed by atoms with E-state index in [0.29, 0.717) is 12.2 Å². The molecule has 1 aromatic carbocycles. The smallest absolute Gasteiger partial charge is 0.246 e. The lowest BCUT2D eigenvalue weighted by atomic mass is 10.1. The highest BCUT2D eigenvalue weighted by atomic mass is 16.2. The molecule has 2 amide bonds. The van der Waals surface area contributed by atoms with Crippen LogP contribution in [0.1, 0.15) is 18.4 Å². The minimum absolute atomic E-state index is 0.0284. The van der Waals surface area contributed by atoms with Gasteiger partial charge in [0.15, 0.2) is 0 Å². The van der Waals surface area contributed by atoms with E-state index in [0.717, 1.165) is 24.9 Å². The van der Waals surface area contributed by atoms with Crippen LogP contribution >= 0.6 is 0 Å². The molecule has 0 spiro atoms.